The lowest BCUT2D eigenvalue weighted by Crippen LogP contribution is -2.12. The van der Waals surface area contributed by atoms with Crippen LogP contribution in [0.2, 0.25) is 5.02 Å². The lowest BCUT2D eigenvalue weighted by molar-refractivity contribution is -0.384. The predicted octanol–water partition coefficient (Wildman–Crippen LogP) is 5.03. The van der Waals surface area contributed by atoms with Gasteiger partial charge in [0.15, 0.2) is 0 Å². The second kappa shape index (κ2) is 8.53. The van der Waals surface area contributed by atoms with E-state index >= 15 is 0 Å². The van der Waals surface area contributed by atoms with Crippen molar-refractivity contribution in [3.8, 4) is 5.75 Å². The normalized spacial score (nSPS) is 10.3. The number of hydrogen-bond acceptors (Lipinski definition) is 5. The number of halogens is 1. The zero-order chi connectivity index (χ0) is 21.0. The summed E-state index contributed by atoms with van der Waals surface area (Å²) in [6, 6.07) is 16.8. The van der Waals surface area contributed by atoms with E-state index in [9.17, 15) is 19.7 Å². The first-order valence-electron chi connectivity index (χ1n) is 8.48. The highest BCUT2D eigenvalue weighted by Crippen LogP contribution is 2.24. The van der Waals surface area contributed by atoms with Gasteiger partial charge in [-0.2, -0.15) is 0 Å². The zero-order valence-corrected chi connectivity index (χ0v) is 16.0. The van der Waals surface area contributed by atoms with E-state index in [1.54, 1.807) is 12.1 Å². The Morgan fingerprint density at radius 1 is 1.00 bits per heavy atom. The number of nitrogens with one attached hydrogen (secondary N) is 1. The number of rotatable bonds is 5. The maximum Gasteiger partial charge on any atom is 0.345 e. The van der Waals surface area contributed by atoms with Crippen molar-refractivity contribution < 1.29 is 19.2 Å². The fourth-order valence-corrected chi connectivity index (χ4v) is 2.71. The minimum absolute atomic E-state index is 0.00143. The lowest BCUT2D eigenvalue weighted by Gasteiger charge is -2.08. The second-order valence-electron chi connectivity index (χ2n) is 6.16. The molecular weight excluding hydrogens is 396 g/mol. The Morgan fingerprint density at radius 2 is 1.66 bits per heavy atom. The highest BCUT2D eigenvalue weighted by atomic mass is 35.5. The molecular formula is C21H15ClN2O5. The van der Waals surface area contributed by atoms with E-state index in [2.05, 4.69) is 5.32 Å². The van der Waals surface area contributed by atoms with Crippen molar-refractivity contribution in [1.82, 2.24) is 0 Å². The van der Waals surface area contributed by atoms with Gasteiger partial charge >= 0.3 is 5.97 Å². The molecule has 3 rings (SSSR count). The summed E-state index contributed by atoms with van der Waals surface area (Å²) in [6.45, 7) is 1.95. The molecule has 0 saturated heterocycles. The van der Waals surface area contributed by atoms with E-state index in [1.807, 2.05) is 19.1 Å². The highest BCUT2D eigenvalue weighted by molar-refractivity contribution is 6.33. The molecule has 0 aliphatic heterocycles. The molecule has 146 valence electrons. The highest BCUT2D eigenvalue weighted by Gasteiger charge is 2.17. The SMILES string of the molecule is Cc1ccc(NC(=O)c2ccc(OC(=O)c3ccc([N+](=O)[O-])cc3Cl)cc2)cc1. The molecule has 0 aliphatic carbocycles. The number of nitrogens with zero attached hydrogens (tertiary/aromatic N) is 1. The summed E-state index contributed by atoms with van der Waals surface area (Å²) < 4.78 is 5.22. The number of carbonyl (C=O) groups is 2. The first-order chi connectivity index (χ1) is 13.8. The van der Waals surface area contributed by atoms with Gasteiger partial charge in [0.05, 0.1) is 15.5 Å². The zero-order valence-electron chi connectivity index (χ0n) is 15.2. The Bertz CT molecular complexity index is 1080. The van der Waals surface area contributed by atoms with E-state index in [0.717, 1.165) is 11.6 Å². The van der Waals surface area contributed by atoms with E-state index in [0.29, 0.717) is 11.3 Å². The molecule has 3 aromatic rings. The van der Waals surface area contributed by atoms with Crippen molar-refractivity contribution in [1.29, 1.82) is 0 Å². The van der Waals surface area contributed by atoms with Gasteiger partial charge in [-0.3, -0.25) is 14.9 Å². The molecule has 0 fully saturated rings. The number of carbonyl (C=O) groups excluding carboxylic acids is 2. The van der Waals surface area contributed by atoms with Gasteiger partial charge < -0.3 is 10.1 Å². The van der Waals surface area contributed by atoms with Crippen LogP contribution < -0.4 is 10.1 Å². The number of nitro groups is 1. The summed E-state index contributed by atoms with van der Waals surface area (Å²) in [7, 11) is 0. The second-order valence-corrected chi connectivity index (χ2v) is 6.56. The number of hydrogen-bond donors (Lipinski definition) is 1. The summed E-state index contributed by atoms with van der Waals surface area (Å²) in [6.07, 6.45) is 0. The topological polar surface area (TPSA) is 98.5 Å². The molecule has 0 saturated carbocycles. The van der Waals surface area contributed by atoms with Crippen LogP contribution in [0, 0.1) is 17.0 Å². The number of amides is 1. The summed E-state index contributed by atoms with van der Waals surface area (Å²) >= 11 is 5.93. The molecule has 0 aromatic heterocycles. The van der Waals surface area contributed by atoms with Gasteiger partial charge in [-0.05, 0) is 49.4 Å². The molecule has 0 heterocycles. The van der Waals surface area contributed by atoms with Crippen LogP contribution in [-0.2, 0) is 0 Å². The molecule has 0 bridgehead atoms. The molecule has 0 unspecified atom stereocenters. The third kappa shape index (κ3) is 4.97. The molecule has 0 radical (unpaired) electrons. The number of non-ortho nitro benzene ring substituents is 1. The van der Waals surface area contributed by atoms with E-state index in [-0.39, 0.29) is 27.9 Å². The van der Waals surface area contributed by atoms with Crippen molar-refractivity contribution in [2.24, 2.45) is 0 Å². The van der Waals surface area contributed by atoms with Crippen LogP contribution in [0.25, 0.3) is 0 Å². The fourth-order valence-electron chi connectivity index (χ4n) is 2.46. The molecule has 7 nitrogen and oxygen atoms in total. The minimum atomic E-state index is -0.762. The lowest BCUT2D eigenvalue weighted by atomic mass is 10.2. The van der Waals surface area contributed by atoms with Gasteiger partial charge in [-0.1, -0.05) is 29.3 Å². The van der Waals surface area contributed by atoms with E-state index in [1.165, 1.54) is 36.4 Å². The fraction of sp³-hybridized carbons (Fsp3) is 0.0476. The third-order valence-electron chi connectivity index (χ3n) is 4.02. The first kappa shape index (κ1) is 20.0. The maximum absolute atomic E-state index is 12.3. The van der Waals surface area contributed by atoms with Crippen molar-refractivity contribution in [3.05, 3.63) is 98.6 Å². The maximum atomic E-state index is 12.3. The molecule has 0 aliphatic rings. The number of benzene rings is 3. The van der Waals surface area contributed by atoms with Crippen LogP contribution in [0.4, 0.5) is 11.4 Å². The number of ether oxygens (including phenoxy) is 1. The molecule has 0 spiro atoms. The Kier molecular flexibility index (Phi) is 5.90. The molecule has 1 N–H and O–H groups in total. The van der Waals surface area contributed by atoms with Gasteiger partial charge in [0.1, 0.15) is 5.75 Å². The van der Waals surface area contributed by atoms with Crippen LogP contribution in [-0.4, -0.2) is 16.8 Å². The van der Waals surface area contributed by atoms with Crippen LogP contribution in [0.5, 0.6) is 5.75 Å². The minimum Gasteiger partial charge on any atom is -0.423 e. The van der Waals surface area contributed by atoms with Gasteiger partial charge in [0, 0.05) is 23.4 Å². The molecule has 0 atom stereocenters. The van der Waals surface area contributed by atoms with Gasteiger partial charge in [0.2, 0.25) is 0 Å². The Labute approximate surface area is 171 Å². The summed E-state index contributed by atoms with van der Waals surface area (Å²) in [5.74, 6) is -0.858. The van der Waals surface area contributed by atoms with Crippen molar-refractivity contribution in [2.75, 3.05) is 5.32 Å². The molecule has 8 heteroatoms. The van der Waals surface area contributed by atoms with Gasteiger partial charge in [-0.15, -0.1) is 0 Å². The smallest absolute Gasteiger partial charge is 0.345 e. The van der Waals surface area contributed by atoms with E-state index in [4.69, 9.17) is 16.3 Å². The standard InChI is InChI=1S/C21H15ClN2O5/c1-13-2-6-15(7-3-13)23-20(25)14-4-9-17(10-5-14)29-21(26)18-11-8-16(24(27)28)12-19(18)22/h2-12H,1H3,(H,23,25). The number of anilines is 1. The summed E-state index contributed by atoms with van der Waals surface area (Å²) in [5.41, 5.74) is 1.92. The van der Waals surface area contributed by atoms with Crippen LogP contribution >= 0.6 is 11.6 Å². The number of aryl methyl sites for hydroxylation is 1. The molecule has 1 amide bonds. The third-order valence-corrected chi connectivity index (χ3v) is 4.33. The van der Waals surface area contributed by atoms with Crippen LogP contribution in [0.1, 0.15) is 26.3 Å². The van der Waals surface area contributed by atoms with Crippen LogP contribution in [0.3, 0.4) is 0 Å². The van der Waals surface area contributed by atoms with Crippen molar-refractivity contribution >= 4 is 34.9 Å². The Morgan fingerprint density at radius 3 is 2.24 bits per heavy atom. The Hall–Kier alpha value is -3.71. The number of esters is 1. The van der Waals surface area contributed by atoms with Crippen molar-refractivity contribution in [2.45, 2.75) is 6.92 Å². The van der Waals surface area contributed by atoms with Gasteiger partial charge in [-0.25, -0.2) is 4.79 Å². The predicted molar refractivity (Wildman–Crippen MR) is 109 cm³/mol. The summed E-state index contributed by atoms with van der Waals surface area (Å²) in [4.78, 5) is 34.7. The molecule has 3 aromatic carbocycles. The number of nitro benzene ring substituents is 1. The quantitative estimate of drug-likeness (QED) is 0.275. The largest absolute Gasteiger partial charge is 0.423 e. The van der Waals surface area contributed by atoms with E-state index < -0.39 is 10.9 Å². The summed E-state index contributed by atoms with van der Waals surface area (Å²) in [5, 5.41) is 13.4. The van der Waals surface area contributed by atoms with Crippen LogP contribution in [0.15, 0.2) is 66.7 Å². The first-order valence-corrected chi connectivity index (χ1v) is 8.85. The van der Waals surface area contributed by atoms with Gasteiger partial charge in [0.25, 0.3) is 11.6 Å². The average molecular weight is 411 g/mol. The van der Waals surface area contributed by atoms with Crippen molar-refractivity contribution in [3.63, 3.8) is 0 Å². The average Bonchev–Trinajstić information content (AvgIpc) is 2.70. The Balaban J connectivity index is 1.67. The monoisotopic (exact) mass is 410 g/mol. The molecule has 29 heavy (non-hydrogen) atoms.